The van der Waals surface area contributed by atoms with Gasteiger partial charge in [-0.3, -0.25) is 4.79 Å². The largest absolute Gasteiger partial charge is 0.378 e. The van der Waals surface area contributed by atoms with Gasteiger partial charge < -0.3 is 10.6 Å². The van der Waals surface area contributed by atoms with Crippen LogP contribution in [0.25, 0.3) is 0 Å². The van der Waals surface area contributed by atoms with Crippen molar-refractivity contribution in [3.63, 3.8) is 0 Å². The first kappa shape index (κ1) is 12.8. The maximum absolute atomic E-state index is 10.6. The summed E-state index contributed by atoms with van der Waals surface area (Å²) in [6, 6.07) is 7.77. The van der Waals surface area contributed by atoms with E-state index in [1.165, 1.54) is 0 Å². The van der Waals surface area contributed by atoms with Crippen molar-refractivity contribution in [3.8, 4) is 0 Å². The normalized spacial score (nSPS) is 9.00. The molecule has 0 unspecified atom stereocenters. The van der Waals surface area contributed by atoms with Crippen LogP contribution in [0.1, 0.15) is 5.56 Å². The van der Waals surface area contributed by atoms with Crippen LogP contribution >= 0.6 is 12.4 Å². The van der Waals surface area contributed by atoms with E-state index in [1.54, 1.807) is 0 Å². The van der Waals surface area contributed by atoms with Crippen LogP contribution in [0.3, 0.4) is 0 Å². The number of halogens is 1. The van der Waals surface area contributed by atoms with Crippen molar-refractivity contribution in [1.82, 2.24) is 0 Å². The van der Waals surface area contributed by atoms with Gasteiger partial charge >= 0.3 is 0 Å². The fourth-order valence-corrected chi connectivity index (χ4v) is 1.11. The van der Waals surface area contributed by atoms with Gasteiger partial charge in [0.2, 0.25) is 5.91 Å². The van der Waals surface area contributed by atoms with E-state index in [0.717, 1.165) is 11.3 Å². The van der Waals surface area contributed by atoms with E-state index in [1.807, 2.05) is 43.3 Å². The molecule has 0 fully saturated rings. The summed E-state index contributed by atoms with van der Waals surface area (Å²) in [6.45, 7) is 0. The highest BCUT2D eigenvalue weighted by molar-refractivity contribution is 5.85. The van der Waals surface area contributed by atoms with Crippen LogP contribution in [-0.4, -0.2) is 20.0 Å². The lowest BCUT2D eigenvalue weighted by Crippen LogP contribution is -2.14. The minimum absolute atomic E-state index is 0. The van der Waals surface area contributed by atoms with Crippen LogP contribution in [0.15, 0.2) is 24.3 Å². The molecule has 0 aliphatic rings. The lowest BCUT2D eigenvalue weighted by molar-refractivity contribution is -0.117. The molecule has 14 heavy (non-hydrogen) atoms. The maximum Gasteiger partial charge on any atom is 0.221 e. The SMILES string of the molecule is CN(C)c1ccc(CC(N)=O)cc1.Cl. The molecule has 2 N–H and O–H groups in total. The molecule has 3 nitrogen and oxygen atoms in total. The van der Waals surface area contributed by atoms with Crippen molar-refractivity contribution in [2.75, 3.05) is 19.0 Å². The predicted molar refractivity (Wildman–Crippen MR) is 60.9 cm³/mol. The summed E-state index contributed by atoms with van der Waals surface area (Å²) >= 11 is 0. The number of amides is 1. The first-order valence-corrected chi connectivity index (χ1v) is 4.14. The van der Waals surface area contributed by atoms with Crippen LogP contribution in [0.4, 0.5) is 5.69 Å². The second-order valence-corrected chi connectivity index (χ2v) is 3.20. The third-order valence-corrected chi connectivity index (χ3v) is 1.83. The number of hydrogen-bond acceptors (Lipinski definition) is 2. The highest BCUT2D eigenvalue weighted by atomic mass is 35.5. The molecule has 0 saturated carbocycles. The van der Waals surface area contributed by atoms with Gasteiger partial charge in [-0.25, -0.2) is 0 Å². The monoisotopic (exact) mass is 214 g/mol. The summed E-state index contributed by atoms with van der Waals surface area (Å²) in [5.74, 6) is -0.294. The summed E-state index contributed by atoms with van der Waals surface area (Å²) in [7, 11) is 3.95. The first-order valence-electron chi connectivity index (χ1n) is 4.14. The Kier molecular flexibility index (Phi) is 5.02. The van der Waals surface area contributed by atoms with E-state index in [2.05, 4.69) is 0 Å². The number of nitrogens with two attached hydrogens (primary N) is 1. The fourth-order valence-electron chi connectivity index (χ4n) is 1.11. The molecule has 1 aromatic carbocycles. The Bertz CT molecular complexity index is 295. The third kappa shape index (κ3) is 3.66. The van der Waals surface area contributed by atoms with Crippen molar-refractivity contribution in [2.24, 2.45) is 5.73 Å². The summed E-state index contributed by atoms with van der Waals surface area (Å²) < 4.78 is 0. The minimum atomic E-state index is -0.294. The van der Waals surface area contributed by atoms with E-state index in [-0.39, 0.29) is 18.3 Å². The number of anilines is 1. The van der Waals surface area contributed by atoms with E-state index in [9.17, 15) is 4.79 Å². The number of rotatable bonds is 3. The highest BCUT2D eigenvalue weighted by Gasteiger charge is 1.98. The molecule has 0 bridgehead atoms. The molecule has 1 aromatic rings. The molecule has 0 aliphatic carbocycles. The van der Waals surface area contributed by atoms with Crippen LogP contribution in [0.2, 0.25) is 0 Å². The summed E-state index contributed by atoms with van der Waals surface area (Å²) in [5, 5.41) is 0. The van der Waals surface area contributed by atoms with Crippen molar-refractivity contribution < 1.29 is 4.79 Å². The molecule has 78 valence electrons. The molecular formula is C10H15ClN2O. The molecule has 0 atom stereocenters. The average Bonchev–Trinajstić information content (AvgIpc) is 2.04. The Hall–Kier alpha value is -1.22. The third-order valence-electron chi connectivity index (χ3n) is 1.83. The fraction of sp³-hybridized carbons (Fsp3) is 0.300. The number of benzene rings is 1. The Morgan fingerprint density at radius 1 is 1.29 bits per heavy atom. The van der Waals surface area contributed by atoms with Crippen LogP contribution in [0.5, 0.6) is 0 Å². The topological polar surface area (TPSA) is 46.3 Å². The highest BCUT2D eigenvalue weighted by Crippen LogP contribution is 2.12. The van der Waals surface area contributed by atoms with Crippen molar-refractivity contribution >= 4 is 24.0 Å². The average molecular weight is 215 g/mol. The van der Waals surface area contributed by atoms with Crippen molar-refractivity contribution in [2.45, 2.75) is 6.42 Å². The minimum Gasteiger partial charge on any atom is -0.378 e. The molecule has 0 radical (unpaired) electrons. The summed E-state index contributed by atoms with van der Waals surface area (Å²) in [6.07, 6.45) is 0.313. The Morgan fingerprint density at radius 3 is 2.14 bits per heavy atom. The summed E-state index contributed by atoms with van der Waals surface area (Å²) in [5.41, 5.74) is 7.15. The van der Waals surface area contributed by atoms with Gasteiger partial charge in [0, 0.05) is 19.8 Å². The van der Waals surface area contributed by atoms with Crippen LogP contribution in [0, 0.1) is 0 Å². The van der Waals surface area contributed by atoms with Crippen molar-refractivity contribution in [1.29, 1.82) is 0 Å². The second-order valence-electron chi connectivity index (χ2n) is 3.20. The van der Waals surface area contributed by atoms with Gasteiger partial charge in [-0.15, -0.1) is 12.4 Å². The smallest absolute Gasteiger partial charge is 0.221 e. The van der Waals surface area contributed by atoms with Crippen molar-refractivity contribution in [3.05, 3.63) is 29.8 Å². The zero-order valence-corrected chi connectivity index (χ0v) is 9.17. The van der Waals surface area contributed by atoms with E-state index in [4.69, 9.17) is 5.73 Å². The molecule has 1 rings (SSSR count). The molecular weight excluding hydrogens is 200 g/mol. The van der Waals surface area contributed by atoms with Gasteiger partial charge in [-0.1, -0.05) is 12.1 Å². The Labute approximate surface area is 90.3 Å². The van der Waals surface area contributed by atoms with E-state index in [0.29, 0.717) is 6.42 Å². The number of nitrogens with zero attached hydrogens (tertiary/aromatic N) is 1. The molecule has 4 heteroatoms. The molecule has 0 heterocycles. The molecule has 0 saturated heterocycles. The number of primary amides is 1. The Morgan fingerprint density at radius 2 is 1.79 bits per heavy atom. The van der Waals surface area contributed by atoms with Gasteiger partial charge in [-0.2, -0.15) is 0 Å². The van der Waals surface area contributed by atoms with Gasteiger partial charge in [0.05, 0.1) is 6.42 Å². The maximum atomic E-state index is 10.6. The number of carbonyl (C=O) groups excluding carboxylic acids is 1. The molecule has 0 spiro atoms. The summed E-state index contributed by atoms with van der Waals surface area (Å²) in [4.78, 5) is 12.6. The number of hydrogen-bond donors (Lipinski definition) is 1. The van der Waals surface area contributed by atoms with E-state index >= 15 is 0 Å². The van der Waals surface area contributed by atoms with Gasteiger partial charge in [0.15, 0.2) is 0 Å². The van der Waals surface area contributed by atoms with Gasteiger partial charge in [-0.05, 0) is 17.7 Å². The quantitative estimate of drug-likeness (QED) is 0.822. The molecule has 0 aromatic heterocycles. The first-order chi connectivity index (χ1) is 6.09. The number of carbonyl (C=O) groups is 1. The predicted octanol–water partition coefficient (Wildman–Crippen LogP) is 1.20. The Balaban J connectivity index is 0.00000169. The molecule has 0 aliphatic heterocycles. The lowest BCUT2D eigenvalue weighted by atomic mass is 10.1. The second kappa shape index (κ2) is 5.50. The van der Waals surface area contributed by atoms with Gasteiger partial charge in [0.1, 0.15) is 0 Å². The van der Waals surface area contributed by atoms with Crippen LogP contribution < -0.4 is 10.6 Å². The molecule has 1 amide bonds. The van der Waals surface area contributed by atoms with Crippen LogP contribution in [-0.2, 0) is 11.2 Å². The zero-order chi connectivity index (χ0) is 9.84. The van der Waals surface area contributed by atoms with E-state index < -0.39 is 0 Å². The lowest BCUT2D eigenvalue weighted by Gasteiger charge is -2.12. The standard InChI is InChI=1S/C10H14N2O.ClH/c1-12(2)9-5-3-8(4-6-9)7-10(11)13;/h3-6H,7H2,1-2H3,(H2,11,13);1H. The van der Waals surface area contributed by atoms with Gasteiger partial charge in [0.25, 0.3) is 0 Å². The zero-order valence-electron chi connectivity index (χ0n) is 8.36.